The van der Waals surface area contributed by atoms with Crippen LogP contribution in [0, 0.1) is 5.82 Å². The smallest absolute Gasteiger partial charge is 0.220 e. The Bertz CT molecular complexity index is 888. The van der Waals surface area contributed by atoms with E-state index in [1.165, 1.54) is 6.07 Å². The van der Waals surface area contributed by atoms with Crippen LogP contribution in [0.15, 0.2) is 54.7 Å². The van der Waals surface area contributed by atoms with Crippen LogP contribution in [0.2, 0.25) is 0 Å². The summed E-state index contributed by atoms with van der Waals surface area (Å²) in [7, 11) is 1.92. The number of fused-ring (bicyclic) bond motifs is 1. The zero-order valence-corrected chi connectivity index (χ0v) is 14.1. The molecule has 1 aromatic heterocycles. The van der Waals surface area contributed by atoms with E-state index in [-0.39, 0.29) is 24.7 Å². The van der Waals surface area contributed by atoms with E-state index in [2.05, 4.69) is 5.32 Å². The number of amides is 1. The molecule has 0 bridgehead atoms. The van der Waals surface area contributed by atoms with Gasteiger partial charge in [0.05, 0.1) is 6.10 Å². The fourth-order valence-electron chi connectivity index (χ4n) is 3.00. The number of aliphatic hydroxyl groups is 1. The minimum Gasteiger partial charge on any atom is -0.386 e. The molecule has 0 radical (unpaired) electrons. The summed E-state index contributed by atoms with van der Waals surface area (Å²) in [4.78, 5) is 12.0. The van der Waals surface area contributed by atoms with E-state index >= 15 is 0 Å². The molecule has 1 amide bonds. The topological polar surface area (TPSA) is 54.3 Å². The quantitative estimate of drug-likeness (QED) is 0.724. The van der Waals surface area contributed by atoms with Gasteiger partial charge in [-0.25, -0.2) is 4.39 Å². The Labute approximate surface area is 145 Å². The van der Waals surface area contributed by atoms with Crippen LogP contribution in [0.1, 0.15) is 23.7 Å². The van der Waals surface area contributed by atoms with Crippen LogP contribution in [0.5, 0.6) is 0 Å². The number of nitrogens with one attached hydrogen (secondary N) is 1. The molecule has 0 fully saturated rings. The predicted molar refractivity (Wildman–Crippen MR) is 95.6 cm³/mol. The molecule has 130 valence electrons. The lowest BCUT2D eigenvalue weighted by Crippen LogP contribution is -2.28. The standard InChI is InChI=1S/C20H21FN2O2/c1-23-13-16(15-7-3-5-9-18(15)23)19(24)12-22-20(25)11-10-14-6-2-4-8-17(14)21/h2-9,13,19,24H,10-12H2,1H3,(H,22,25). The fraction of sp³-hybridized carbons (Fsp3) is 0.250. The van der Waals surface area contributed by atoms with Gasteiger partial charge in [0.15, 0.2) is 0 Å². The minimum atomic E-state index is -0.788. The summed E-state index contributed by atoms with van der Waals surface area (Å²) in [6, 6.07) is 14.2. The van der Waals surface area contributed by atoms with Gasteiger partial charge in [-0.3, -0.25) is 4.79 Å². The van der Waals surface area contributed by atoms with E-state index in [1.807, 2.05) is 42.1 Å². The Morgan fingerprint density at radius 2 is 1.92 bits per heavy atom. The molecule has 0 spiro atoms. The Hall–Kier alpha value is -2.66. The zero-order valence-electron chi connectivity index (χ0n) is 14.1. The van der Waals surface area contributed by atoms with Gasteiger partial charge in [0.25, 0.3) is 0 Å². The van der Waals surface area contributed by atoms with Crippen molar-refractivity contribution in [1.29, 1.82) is 0 Å². The maximum Gasteiger partial charge on any atom is 0.220 e. The number of carbonyl (C=O) groups excluding carboxylic acids is 1. The second kappa shape index (κ2) is 7.49. The van der Waals surface area contributed by atoms with Crippen LogP contribution >= 0.6 is 0 Å². The summed E-state index contributed by atoms with van der Waals surface area (Å²) < 4.78 is 15.5. The first kappa shape index (κ1) is 17.2. The molecule has 0 aliphatic carbocycles. The van der Waals surface area contributed by atoms with Crippen LogP contribution in [-0.4, -0.2) is 22.1 Å². The summed E-state index contributed by atoms with van der Waals surface area (Å²) in [5.41, 5.74) is 2.34. The molecular formula is C20H21FN2O2. The molecule has 2 aromatic carbocycles. The first-order chi connectivity index (χ1) is 12.1. The van der Waals surface area contributed by atoms with Gasteiger partial charge in [0.2, 0.25) is 5.91 Å². The maximum atomic E-state index is 13.6. The van der Waals surface area contributed by atoms with Gasteiger partial charge in [-0.2, -0.15) is 0 Å². The van der Waals surface area contributed by atoms with Gasteiger partial charge in [-0.15, -0.1) is 0 Å². The molecule has 0 saturated heterocycles. The highest BCUT2D eigenvalue weighted by Crippen LogP contribution is 2.25. The number of aromatic nitrogens is 1. The van der Waals surface area contributed by atoms with Gasteiger partial charge in [-0.1, -0.05) is 36.4 Å². The van der Waals surface area contributed by atoms with Crippen LogP contribution in [0.25, 0.3) is 10.9 Å². The van der Waals surface area contributed by atoms with Crippen molar-refractivity contribution in [2.45, 2.75) is 18.9 Å². The van der Waals surface area contributed by atoms with Crippen molar-refractivity contribution in [1.82, 2.24) is 9.88 Å². The van der Waals surface area contributed by atoms with Crippen molar-refractivity contribution in [3.8, 4) is 0 Å². The molecule has 0 aliphatic rings. The number of aryl methyl sites for hydroxylation is 2. The third-order valence-electron chi connectivity index (χ3n) is 4.36. The molecule has 25 heavy (non-hydrogen) atoms. The number of hydrogen-bond acceptors (Lipinski definition) is 2. The SMILES string of the molecule is Cn1cc(C(O)CNC(=O)CCc2ccccc2F)c2ccccc21. The first-order valence-corrected chi connectivity index (χ1v) is 8.28. The molecule has 3 rings (SSSR count). The van der Waals surface area contributed by atoms with Crippen molar-refractivity contribution in [3.05, 3.63) is 71.7 Å². The number of carbonyl (C=O) groups is 1. The lowest BCUT2D eigenvalue weighted by atomic mass is 10.1. The number of benzene rings is 2. The highest BCUT2D eigenvalue weighted by molar-refractivity contribution is 5.84. The van der Waals surface area contributed by atoms with E-state index in [9.17, 15) is 14.3 Å². The maximum absolute atomic E-state index is 13.6. The van der Waals surface area contributed by atoms with Crippen molar-refractivity contribution in [2.24, 2.45) is 7.05 Å². The lowest BCUT2D eigenvalue weighted by molar-refractivity contribution is -0.121. The third-order valence-corrected chi connectivity index (χ3v) is 4.36. The third kappa shape index (κ3) is 3.88. The highest BCUT2D eigenvalue weighted by atomic mass is 19.1. The fourth-order valence-corrected chi connectivity index (χ4v) is 3.00. The van der Waals surface area contributed by atoms with Crippen LogP contribution in [0.4, 0.5) is 4.39 Å². The zero-order chi connectivity index (χ0) is 17.8. The van der Waals surface area contributed by atoms with Gasteiger partial charge >= 0.3 is 0 Å². The first-order valence-electron chi connectivity index (χ1n) is 8.28. The van der Waals surface area contributed by atoms with Crippen molar-refractivity contribution in [3.63, 3.8) is 0 Å². The molecular weight excluding hydrogens is 319 g/mol. The van der Waals surface area contributed by atoms with Crippen LogP contribution in [-0.2, 0) is 18.3 Å². The molecule has 0 saturated carbocycles. The number of aliphatic hydroxyl groups excluding tert-OH is 1. The summed E-state index contributed by atoms with van der Waals surface area (Å²) >= 11 is 0. The van der Waals surface area contributed by atoms with Crippen molar-refractivity contribution >= 4 is 16.8 Å². The molecule has 5 heteroatoms. The molecule has 3 aromatic rings. The van der Waals surface area contributed by atoms with E-state index in [0.29, 0.717) is 12.0 Å². The molecule has 1 atom stereocenters. The summed E-state index contributed by atoms with van der Waals surface area (Å²) in [5.74, 6) is -0.506. The Morgan fingerprint density at radius 3 is 2.72 bits per heavy atom. The van der Waals surface area contributed by atoms with Crippen LogP contribution < -0.4 is 5.32 Å². The minimum absolute atomic E-state index is 0.129. The van der Waals surface area contributed by atoms with Gasteiger partial charge in [0, 0.05) is 42.7 Å². The van der Waals surface area contributed by atoms with Gasteiger partial charge < -0.3 is 15.0 Å². The largest absolute Gasteiger partial charge is 0.386 e. The molecule has 1 unspecified atom stereocenters. The average molecular weight is 340 g/mol. The number of halogens is 1. The number of rotatable bonds is 6. The van der Waals surface area contributed by atoms with E-state index in [0.717, 1.165) is 16.5 Å². The van der Waals surface area contributed by atoms with E-state index in [1.54, 1.807) is 18.2 Å². The normalized spacial score (nSPS) is 12.3. The molecule has 0 aliphatic heterocycles. The second-order valence-corrected chi connectivity index (χ2v) is 6.12. The Kier molecular flexibility index (Phi) is 5.14. The molecule has 2 N–H and O–H groups in total. The monoisotopic (exact) mass is 340 g/mol. The Morgan fingerprint density at radius 1 is 1.20 bits per heavy atom. The summed E-state index contributed by atoms with van der Waals surface area (Å²) in [6.07, 6.45) is 1.61. The van der Waals surface area contributed by atoms with E-state index in [4.69, 9.17) is 0 Å². The number of nitrogens with zero attached hydrogens (tertiary/aromatic N) is 1. The summed E-state index contributed by atoms with van der Waals surface area (Å²) in [6.45, 7) is 0.129. The van der Waals surface area contributed by atoms with Crippen molar-refractivity contribution in [2.75, 3.05) is 6.54 Å². The number of para-hydroxylation sites is 1. The second-order valence-electron chi connectivity index (χ2n) is 6.12. The van der Waals surface area contributed by atoms with Gasteiger partial charge in [0.1, 0.15) is 5.82 Å². The number of hydrogen-bond donors (Lipinski definition) is 2. The summed E-state index contributed by atoms with van der Waals surface area (Å²) in [5, 5.41) is 14.1. The highest BCUT2D eigenvalue weighted by Gasteiger charge is 2.15. The Balaban J connectivity index is 1.57. The van der Waals surface area contributed by atoms with Gasteiger partial charge in [-0.05, 0) is 24.1 Å². The van der Waals surface area contributed by atoms with Crippen LogP contribution in [0.3, 0.4) is 0 Å². The lowest BCUT2D eigenvalue weighted by Gasteiger charge is -2.11. The molecule has 1 heterocycles. The molecule has 4 nitrogen and oxygen atoms in total. The predicted octanol–water partition coefficient (Wildman–Crippen LogP) is 3.10. The average Bonchev–Trinajstić information content (AvgIpc) is 2.96. The van der Waals surface area contributed by atoms with E-state index < -0.39 is 6.10 Å². The van der Waals surface area contributed by atoms with Crippen molar-refractivity contribution < 1.29 is 14.3 Å².